The highest BCUT2D eigenvalue weighted by Crippen LogP contribution is 2.41. The second-order valence-electron chi connectivity index (χ2n) is 8.77. The molecular formula is C26H28ClN3O4S. The van der Waals surface area contributed by atoms with Crippen LogP contribution in [0.2, 0.25) is 5.02 Å². The molecule has 2 aromatic heterocycles. The van der Waals surface area contributed by atoms with E-state index in [-0.39, 0.29) is 0 Å². The highest BCUT2D eigenvalue weighted by atomic mass is 35.5. The van der Waals surface area contributed by atoms with E-state index in [1.54, 1.807) is 30.6 Å². The van der Waals surface area contributed by atoms with Crippen molar-refractivity contribution < 1.29 is 19.8 Å². The molecule has 35 heavy (non-hydrogen) atoms. The number of aliphatic hydroxyl groups excluding tert-OH is 1. The van der Waals surface area contributed by atoms with E-state index in [4.69, 9.17) is 16.3 Å². The molecule has 4 rings (SSSR count). The third-order valence-corrected chi connectivity index (χ3v) is 7.74. The molecule has 184 valence electrons. The Kier molecular flexibility index (Phi) is 8.26. The average molecular weight is 514 g/mol. The van der Waals surface area contributed by atoms with Crippen LogP contribution in [0.25, 0.3) is 10.9 Å². The predicted octanol–water partition coefficient (Wildman–Crippen LogP) is 4.41. The van der Waals surface area contributed by atoms with Crippen molar-refractivity contribution in [2.45, 2.75) is 31.8 Å². The van der Waals surface area contributed by atoms with Crippen LogP contribution in [0.3, 0.4) is 0 Å². The topological polar surface area (TPSA) is 94.9 Å². The summed E-state index contributed by atoms with van der Waals surface area (Å²) in [6.45, 7) is 1.98. The van der Waals surface area contributed by atoms with Gasteiger partial charge in [0.15, 0.2) is 0 Å². The van der Waals surface area contributed by atoms with E-state index in [0.717, 1.165) is 5.56 Å². The Morgan fingerprint density at radius 3 is 2.86 bits per heavy atom. The molecule has 1 aromatic carbocycles. The van der Waals surface area contributed by atoms with E-state index in [0.29, 0.717) is 72.6 Å². The smallest absolute Gasteiger partial charge is 0.249 e. The van der Waals surface area contributed by atoms with Gasteiger partial charge in [0.05, 0.1) is 35.7 Å². The van der Waals surface area contributed by atoms with Crippen LogP contribution in [0, 0.1) is 17.3 Å². The number of likely N-dealkylation sites (tertiary alicyclic amines) is 1. The summed E-state index contributed by atoms with van der Waals surface area (Å²) < 4.78 is 5.33. The summed E-state index contributed by atoms with van der Waals surface area (Å²) in [7, 11) is 1.58. The number of aliphatic hydroxyl groups is 1. The fourth-order valence-electron chi connectivity index (χ4n) is 4.63. The van der Waals surface area contributed by atoms with Crippen molar-refractivity contribution >= 4 is 39.7 Å². The number of benzene rings is 1. The SMILES string of the molecule is COc1ccc2ncc(Cl)c([C@H](O)CCC3(C(=O)NO)CCN(CC#Cc4ccsc4)CC3)c2c1. The van der Waals surface area contributed by atoms with Gasteiger partial charge < -0.3 is 9.84 Å². The monoisotopic (exact) mass is 513 g/mol. The Labute approximate surface area is 213 Å². The number of nitrogens with one attached hydrogen (secondary N) is 1. The molecule has 9 heteroatoms. The minimum Gasteiger partial charge on any atom is -0.497 e. The van der Waals surface area contributed by atoms with Gasteiger partial charge in [-0.3, -0.25) is 19.9 Å². The third-order valence-electron chi connectivity index (χ3n) is 6.75. The van der Waals surface area contributed by atoms with Crippen molar-refractivity contribution in [2.75, 3.05) is 26.7 Å². The summed E-state index contributed by atoms with van der Waals surface area (Å²) in [5, 5.41) is 25.7. The van der Waals surface area contributed by atoms with Gasteiger partial charge in [0.1, 0.15) is 5.75 Å². The number of ether oxygens (including phenoxy) is 1. The van der Waals surface area contributed by atoms with Crippen molar-refractivity contribution in [2.24, 2.45) is 5.41 Å². The van der Waals surface area contributed by atoms with Gasteiger partial charge in [0.25, 0.3) is 0 Å². The van der Waals surface area contributed by atoms with E-state index >= 15 is 0 Å². The largest absolute Gasteiger partial charge is 0.497 e. The van der Waals surface area contributed by atoms with Gasteiger partial charge in [-0.25, -0.2) is 5.48 Å². The van der Waals surface area contributed by atoms with Gasteiger partial charge in [0, 0.05) is 41.2 Å². The number of methoxy groups -OCH3 is 1. The highest BCUT2D eigenvalue weighted by Gasteiger charge is 2.41. The normalized spacial score (nSPS) is 16.3. The molecule has 1 amide bonds. The highest BCUT2D eigenvalue weighted by molar-refractivity contribution is 7.08. The van der Waals surface area contributed by atoms with Gasteiger partial charge in [-0.15, -0.1) is 0 Å². The second kappa shape index (κ2) is 11.4. The number of hydroxylamine groups is 1. The first kappa shape index (κ1) is 25.4. The summed E-state index contributed by atoms with van der Waals surface area (Å²) in [6.07, 6.45) is 2.45. The van der Waals surface area contributed by atoms with Gasteiger partial charge in [0.2, 0.25) is 5.91 Å². The van der Waals surface area contributed by atoms with E-state index < -0.39 is 17.4 Å². The van der Waals surface area contributed by atoms with Crippen molar-refractivity contribution in [1.29, 1.82) is 0 Å². The van der Waals surface area contributed by atoms with Crippen molar-refractivity contribution in [3.8, 4) is 17.6 Å². The van der Waals surface area contributed by atoms with Crippen LogP contribution in [0.1, 0.15) is 42.9 Å². The number of fused-ring (bicyclic) bond motifs is 1. The zero-order valence-corrected chi connectivity index (χ0v) is 21.0. The van der Waals surface area contributed by atoms with E-state index in [1.807, 2.05) is 28.4 Å². The molecule has 7 nitrogen and oxygen atoms in total. The second-order valence-corrected chi connectivity index (χ2v) is 9.96. The minimum absolute atomic E-state index is 0.307. The molecule has 3 aromatic rings. The number of amides is 1. The molecule has 1 fully saturated rings. The van der Waals surface area contributed by atoms with Gasteiger partial charge in [-0.1, -0.05) is 23.4 Å². The van der Waals surface area contributed by atoms with Crippen LogP contribution in [-0.2, 0) is 4.79 Å². The molecule has 0 radical (unpaired) electrons. The maximum absolute atomic E-state index is 12.7. The average Bonchev–Trinajstić information content (AvgIpc) is 3.40. The fourth-order valence-corrected chi connectivity index (χ4v) is 5.49. The lowest BCUT2D eigenvalue weighted by atomic mass is 9.73. The van der Waals surface area contributed by atoms with Gasteiger partial charge in [-0.2, -0.15) is 11.3 Å². The molecular weight excluding hydrogens is 486 g/mol. The van der Waals surface area contributed by atoms with E-state index in [2.05, 4.69) is 21.7 Å². The number of carbonyl (C=O) groups excluding carboxylic acids is 1. The first-order valence-electron chi connectivity index (χ1n) is 11.4. The van der Waals surface area contributed by atoms with E-state index in [9.17, 15) is 15.1 Å². The number of piperidine rings is 1. The van der Waals surface area contributed by atoms with Gasteiger partial charge >= 0.3 is 0 Å². The quantitative estimate of drug-likeness (QED) is 0.246. The summed E-state index contributed by atoms with van der Waals surface area (Å²) in [5.74, 6) is 6.57. The third kappa shape index (κ3) is 5.77. The molecule has 1 aliphatic heterocycles. The predicted molar refractivity (Wildman–Crippen MR) is 137 cm³/mol. The molecule has 3 heterocycles. The number of rotatable bonds is 7. The number of nitrogens with zero attached hydrogens (tertiary/aromatic N) is 2. The number of carbonyl (C=O) groups is 1. The summed E-state index contributed by atoms with van der Waals surface area (Å²) in [5.41, 5.74) is 3.35. The Bertz CT molecular complexity index is 1230. The number of hydrogen-bond acceptors (Lipinski definition) is 7. The minimum atomic E-state index is -0.905. The number of thiophene rings is 1. The maximum Gasteiger partial charge on any atom is 0.249 e. The lowest BCUT2D eigenvalue weighted by molar-refractivity contribution is -0.143. The lowest BCUT2D eigenvalue weighted by Gasteiger charge is -2.40. The zero-order chi connectivity index (χ0) is 24.8. The van der Waals surface area contributed by atoms with Crippen LogP contribution in [0.4, 0.5) is 0 Å². The first-order chi connectivity index (χ1) is 17.0. The molecule has 0 saturated carbocycles. The summed E-state index contributed by atoms with van der Waals surface area (Å²) in [6, 6.07) is 7.42. The first-order valence-corrected chi connectivity index (χ1v) is 12.8. The number of halogens is 1. The van der Waals surface area contributed by atoms with E-state index in [1.165, 1.54) is 6.20 Å². The molecule has 3 N–H and O–H groups in total. The van der Waals surface area contributed by atoms with Crippen LogP contribution >= 0.6 is 22.9 Å². The molecule has 0 spiro atoms. The molecule has 0 aliphatic carbocycles. The van der Waals surface area contributed by atoms with Crippen molar-refractivity contribution in [3.05, 3.63) is 57.4 Å². The zero-order valence-electron chi connectivity index (χ0n) is 19.5. The van der Waals surface area contributed by atoms with Gasteiger partial charge in [-0.05, 0) is 55.3 Å². The number of hydrogen-bond donors (Lipinski definition) is 3. The van der Waals surface area contributed by atoms with Crippen molar-refractivity contribution in [3.63, 3.8) is 0 Å². The molecule has 1 atom stereocenters. The molecule has 1 aliphatic rings. The van der Waals surface area contributed by atoms with Crippen LogP contribution in [0.5, 0.6) is 5.75 Å². The van der Waals surface area contributed by atoms with Crippen LogP contribution in [0.15, 0.2) is 41.2 Å². The summed E-state index contributed by atoms with van der Waals surface area (Å²) >= 11 is 8.06. The number of aromatic nitrogens is 1. The Hall–Kier alpha value is -2.67. The Balaban J connectivity index is 1.46. The maximum atomic E-state index is 12.7. The van der Waals surface area contributed by atoms with Crippen LogP contribution < -0.4 is 10.2 Å². The fraction of sp³-hybridized carbons (Fsp3) is 0.385. The molecule has 1 saturated heterocycles. The molecule has 0 unspecified atom stereocenters. The standard InChI is InChI=1S/C26H28ClN3O4S/c1-34-19-4-5-22-20(15-19)24(21(27)16-28-22)23(31)6-8-26(25(32)29-33)9-12-30(13-10-26)11-2-3-18-7-14-35-17-18/h4-5,7,14-17,23,31,33H,6,8-13H2,1H3,(H,29,32)/t23-/m1/s1. The van der Waals surface area contributed by atoms with Crippen LogP contribution in [-0.4, -0.2) is 52.8 Å². The Morgan fingerprint density at radius 2 is 2.17 bits per heavy atom. The Morgan fingerprint density at radius 1 is 1.37 bits per heavy atom. The number of pyridine rings is 1. The summed E-state index contributed by atoms with van der Waals surface area (Å²) in [4.78, 5) is 19.3. The van der Waals surface area contributed by atoms with Crippen molar-refractivity contribution in [1.82, 2.24) is 15.4 Å². The molecule has 0 bridgehead atoms. The lowest BCUT2D eigenvalue weighted by Crippen LogP contribution is -2.48.